The molecule has 9 unspecified atom stereocenters. The van der Waals surface area contributed by atoms with Gasteiger partial charge in [0.1, 0.15) is 0 Å². The number of fused-ring (bicyclic) bond motifs is 8. The van der Waals surface area contributed by atoms with Crippen molar-refractivity contribution in [1.29, 1.82) is 0 Å². The Morgan fingerprint density at radius 2 is 1.12 bits per heavy atom. The summed E-state index contributed by atoms with van der Waals surface area (Å²) in [6.45, 7) is 21.4. The van der Waals surface area contributed by atoms with E-state index in [4.69, 9.17) is 0 Å². The van der Waals surface area contributed by atoms with E-state index in [1.165, 1.54) is 11.1 Å². The van der Waals surface area contributed by atoms with Crippen molar-refractivity contribution in [3.63, 3.8) is 0 Å². The molecule has 0 radical (unpaired) electrons. The smallest absolute Gasteiger partial charge is 1.00 e. The van der Waals surface area contributed by atoms with Gasteiger partial charge in [-0.25, -0.2) is 0 Å². The Balaban J connectivity index is 0.00000232. The van der Waals surface area contributed by atoms with Gasteiger partial charge in [0, 0.05) is 0 Å². The maximum atomic E-state index is 2.83. The van der Waals surface area contributed by atoms with Crippen LogP contribution < -0.4 is 34.0 Å². The first-order chi connectivity index (χ1) is 23.8. The first-order valence-corrected chi connectivity index (χ1v) is 23.0. The minimum absolute atomic E-state index is 0. The van der Waals surface area contributed by atoms with Gasteiger partial charge >= 0.3 is 312 Å². The second-order valence-electron chi connectivity index (χ2n) is 17.7. The number of benzene rings is 2. The molecule has 0 heterocycles. The molecule has 0 bridgehead atoms. The van der Waals surface area contributed by atoms with Crippen LogP contribution in [0.4, 0.5) is 0 Å². The molecule has 270 valence electrons. The van der Waals surface area contributed by atoms with Crippen LogP contribution in [0.2, 0.25) is 3.63 Å². The molecule has 0 saturated heterocycles. The topological polar surface area (TPSA) is 0 Å². The molecule has 0 aromatic heterocycles. The minimum Gasteiger partial charge on any atom is -1.00 e. The van der Waals surface area contributed by atoms with Gasteiger partial charge in [-0.2, -0.15) is 0 Å². The van der Waals surface area contributed by atoms with Crippen LogP contribution in [-0.2, 0) is 34.1 Å². The largest absolute Gasteiger partial charge is 1.00 e. The van der Waals surface area contributed by atoms with Crippen LogP contribution in [0.1, 0.15) is 72.9 Å². The van der Waals surface area contributed by atoms with E-state index in [9.17, 15) is 0 Å². The Labute approximate surface area is 343 Å². The molecule has 52 heavy (non-hydrogen) atoms. The summed E-state index contributed by atoms with van der Waals surface area (Å²) >= 11 is -2.78. The van der Waals surface area contributed by atoms with E-state index in [2.05, 4.69) is 201 Å². The zero-order chi connectivity index (χ0) is 35.2. The van der Waals surface area contributed by atoms with Crippen LogP contribution in [0.25, 0.3) is 0 Å². The van der Waals surface area contributed by atoms with E-state index in [1.54, 1.807) is 8.85 Å². The van der Waals surface area contributed by atoms with Crippen molar-refractivity contribution in [2.24, 2.45) is 43.8 Å². The molecule has 0 spiro atoms. The summed E-state index contributed by atoms with van der Waals surface area (Å²) in [5, 5.41) is 0. The molecule has 9 atom stereocenters. The molecular weight excluding hydrogens is 840 g/mol. The van der Waals surface area contributed by atoms with Gasteiger partial charge < -0.3 is 34.0 Å². The number of rotatable bonds is 6. The van der Waals surface area contributed by atoms with Crippen LogP contribution >= 0.6 is 0 Å². The molecule has 2 fully saturated rings. The third-order valence-electron chi connectivity index (χ3n) is 16.8. The van der Waals surface area contributed by atoms with Crippen molar-refractivity contribution in [2.75, 3.05) is 0 Å². The van der Waals surface area contributed by atoms with E-state index in [-0.39, 0.29) is 71.9 Å². The summed E-state index contributed by atoms with van der Waals surface area (Å²) in [7, 11) is 0. The SMILES string of the molecule is CC1=CC=CC2[CH]([Zr+2]([C]3=CC=CC3)=[C](Cc3ccccc3)Cc3ccccc3)C3(C)C4(C)C=CC=CC4(C)C4(C)C=CC=CC4(C)C3(C)C12C.[Br-].[Br-]. The summed E-state index contributed by atoms with van der Waals surface area (Å²) in [5.74, 6) is 0.457. The summed E-state index contributed by atoms with van der Waals surface area (Å²) in [6, 6.07) is 22.9. The quantitative estimate of drug-likeness (QED) is 0.317. The van der Waals surface area contributed by atoms with E-state index in [0.717, 1.165) is 19.3 Å². The number of halogens is 2. The van der Waals surface area contributed by atoms with Crippen LogP contribution in [0, 0.1) is 43.8 Å². The Morgan fingerprint density at radius 1 is 0.615 bits per heavy atom. The first kappa shape index (κ1) is 39.8. The van der Waals surface area contributed by atoms with Crippen molar-refractivity contribution in [1.82, 2.24) is 0 Å². The molecule has 6 aliphatic rings. The summed E-state index contributed by atoms with van der Waals surface area (Å²) in [4.78, 5) is 0. The van der Waals surface area contributed by atoms with E-state index in [1.807, 2.05) is 3.21 Å². The number of hydrogen-bond donors (Lipinski definition) is 0. The number of allylic oxidation sites excluding steroid dienone is 16. The maximum absolute atomic E-state index is 2.83. The molecule has 0 N–H and O–H groups in total. The van der Waals surface area contributed by atoms with Crippen LogP contribution in [0.3, 0.4) is 0 Å². The van der Waals surface area contributed by atoms with Crippen LogP contribution in [-0.4, -0.2) is 3.21 Å². The maximum Gasteiger partial charge on any atom is -1.00 e. The summed E-state index contributed by atoms with van der Waals surface area (Å²) in [6.07, 6.45) is 38.5. The Morgan fingerprint density at radius 3 is 1.63 bits per heavy atom. The van der Waals surface area contributed by atoms with Gasteiger partial charge in [-0.1, -0.05) is 0 Å². The van der Waals surface area contributed by atoms with E-state index in [0.29, 0.717) is 9.54 Å². The van der Waals surface area contributed by atoms with Crippen molar-refractivity contribution in [2.45, 2.75) is 78.3 Å². The predicted octanol–water partition coefficient (Wildman–Crippen LogP) is 6.36. The molecule has 2 aromatic carbocycles. The molecule has 0 aliphatic heterocycles. The number of hydrogen-bond acceptors (Lipinski definition) is 0. The Hall–Kier alpha value is -1.93. The predicted molar refractivity (Wildman–Crippen MR) is 211 cm³/mol. The second kappa shape index (κ2) is 13.7. The Kier molecular flexibility index (Phi) is 10.5. The standard InChI is InChI=1S/C29H37.C15H14.C5H5.2BrH.Zr/c1-21-14-13-15-22-20-27(6)25(4)18-10-9-16-23(25,2)24(3)17-11-12-19-26(24,5)29(27,8)28(21,22)7;1-3-8-14(9-4-1)12-7-13-15-10-5-2-6-11-15;1-2-4-5-3-1;;;/h9-20,22H,1-8H3;1-6,8-11H,12-13H2;1-3H,4H2;2*1H;/q;;;;;+2/p-2. The summed E-state index contributed by atoms with van der Waals surface area (Å²) < 4.78 is 4.22. The molecule has 6 aliphatic carbocycles. The van der Waals surface area contributed by atoms with Crippen molar-refractivity contribution >= 4 is 3.21 Å². The molecule has 2 aromatic rings. The van der Waals surface area contributed by atoms with Gasteiger partial charge in [0.2, 0.25) is 0 Å². The average Bonchev–Trinajstić information content (AvgIpc) is 3.70. The van der Waals surface area contributed by atoms with Gasteiger partial charge in [-0.3, -0.25) is 0 Å². The fraction of sp³-hybridized carbons (Fsp3) is 0.408. The van der Waals surface area contributed by atoms with Crippen LogP contribution in [0.5, 0.6) is 0 Å². The zero-order valence-electron chi connectivity index (χ0n) is 32.4. The van der Waals surface area contributed by atoms with Crippen LogP contribution in [0.15, 0.2) is 155 Å². The van der Waals surface area contributed by atoms with Gasteiger partial charge in [0.15, 0.2) is 0 Å². The van der Waals surface area contributed by atoms with Gasteiger partial charge in [0.25, 0.3) is 0 Å². The molecule has 2 saturated carbocycles. The Bertz CT molecular complexity index is 1970. The monoisotopic (exact) mass is 892 g/mol. The van der Waals surface area contributed by atoms with Gasteiger partial charge in [-0.05, 0) is 0 Å². The van der Waals surface area contributed by atoms with Gasteiger partial charge in [0.05, 0.1) is 0 Å². The fourth-order valence-corrected chi connectivity index (χ4v) is 24.9. The summed E-state index contributed by atoms with van der Waals surface area (Å²) in [5.41, 5.74) is 4.05. The molecule has 0 amide bonds. The average molecular weight is 896 g/mol. The minimum atomic E-state index is -2.78. The normalized spacial score (nSPS) is 39.8. The molecule has 3 heteroatoms. The second-order valence-corrected chi connectivity index (χ2v) is 24.6. The van der Waals surface area contributed by atoms with E-state index >= 15 is 0 Å². The van der Waals surface area contributed by atoms with Crippen molar-refractivity contribution in [3.8, 4) is 0 Å². The fourth-order valence-electron chi connectivity index (χ4n) is 13.5. The third-order valence-corrected chi connectivity index (χ3v) is 26.0. The molecule has 8 rings (SSSR count). The van der Waals surface area contributed by atoms with E-state index < -0.39 is 21.3 Å². The van der Waals surface area contributed by atoms with Gasteiger partial charge in [-0.15, -0.1) is 0 Å². The van der Waals surface area contributed by atoms with Crippen molar-refractivity contribution < 1.29 is 55.2 Å². The first-order valence-electron chi connectivity index (χ1n) is 19.1. The molecular formula is C49H56Br2Zr. The third kappa shape index (κ3) is 4.73. The van der Waals surface area contributed by atoms with Crippen molar-refractivity contribution in [3.05, 3.63) is 166 Å². The zero-order valence-corrected chi connectivity index (χ0v) is 38.0. The molecule has 0 nitrogen and oxygen atoms in total.